The summed E-state index contributed by atoms with van der Waals surface area (Å²) in [6.45, 7) is 8.23. The number of halogens is 2. The number of hydrogen-bond acceptors (Lipinski definition) is 4. The Bertz CT molecular complexity index is 1100. The SMILES string of the molecule is CCc1cc2c(-c3ccc(CF)cc3F)c([C@H](OC(C)(C)C)C(=O)O)c(C)nc2s1. The second-order valence-corrected chi connectivity index (χ2v) is 9.28. The number of thiophene rings is 1. The minimum Gasteiger partial charge on any atom is -0.479 e. The van der Waals surface area contributed by atoms with Gasteiger partial charge in [-0.3, -0.25) is 0 Å². The number of aryl methyl sites for hydroxylation is 2. The van der Waals surface area contributed by atoms with Crippen molar-refractivity contribution in [2.75, 3.05) is 0 Å². The molecule has 0 bridgehead atoms. The fourth-order valence-electron chi connectivity index (χ4n) is 3.45. The molecule has 160 valence electrons. The molecule has 30 heavy (non-hydrogen) atoms. The third kappa shape index (κ3) is 4.37. The first kappa shape index (κ1) is 22.3. The molecule has 1 atom stereocenters. The van der Waals surface area contributed by atoms with E-state index in [4.69, 9.17) is 4.74 Å². The van der Waals surface area contributed by atoms with E-state index in [0.717, 1.165) is 17.4 Å². The molecule has 0 aliphatic carbocycles. The highest BCUT2D eigenvalue weighted by Gasteiger charge is 2.33. The van der Waals surface area contributed by atoms with Crippen molar-refractivity contribution in [3.05, 3.63) is 51.8 Å². The molecule has 2 aromatic heterocycles. The molecule has 0 saturated heterocycles. The van der Waals surface area contributed by atoms with Crippen molar-refractivity contribution in [2.45, 2.75) is 59.4 Å². The van der Waals surface area contributed by atoms with Crippen molar-refractivity contribution in [1.29, 1.82) is 0 Å². The summed E-state index contributed by atoms with van der Waals surface area (Å²) in [6.07, 6.45) is -0.555. The number of carbonyl (C=O) groups is 1. The average molecular weight is 434 g/mol. The summed E-state index contributed by atoms with van der Waals surface area (Å²) in [5.41, 5.74) is 0.904. The van der Waals surface area contributed by atoms with E-state index >= 15 is 4.39 Å². The number of fused-ring (bicyclic) bond motifs is 1. The van der Waals surface area contributed by atoms with Gasteiger partial charge in [0, 0.05) is 32.6 Å². The number of carboxylic acid groups (broad SMARTS) is 1. The van der Waals surface area contributed by atoms with Gasteiger partial charge in [-0.05, 0) is 51.8 Å². The first-order valence-corrected chi connectivity index (χ1v) is 10.6. The first-order chi connectivity index (χ1) is 14.1. The summed E-state index contributed by atoms with van der Waals surface area (Å²) in [7, 11) is 0. The van der Waals surface area contributed by atoms with Gasteiger partial charge in [0.25, 0.3) is 0 Å². The number of benzene rings is 1. The van der Waals surface area contributed by atoms with Crippen molar-refractivity contribution < 1.29 is 23.4 Å². The number of carboxylic acids is 1. The van der Waals surface area contributed by atoms with E-state index in [0.29, 0.717) is 27.0 Å². The molecular formula is C23H25F2NO3S. The maximum Gasteiger partial charge on any atom is 0.337 e. The monoisotopic (exact) mass is 433 g/mol. The summed E-state index contributed by atoms with van der Waals surface area (Å²) in [5, 5.41) is 10.6. The predicted octanol–water partition coefficient (Wildman–Crippen LogP) is 6.38. The minimum atomic E-state index is -1.33. The van der Waals surface area contributed by atoms with Crippen LogP contribution in [-0.2, 0) is 22.6 Å². The Morgan fingerprint density at radius 1 is 1.30 bits per heavy atom. The molecular weight excluding hydrogens is 408 g/mol. The van der Waals surface area contributed by atoms with Crippen LogP contribution in [0.15, 0.2) is 24.3 Å². The summed E-state index contributed by atoms with van der Waals surface area (Å²) in [6, 6.07) is 6.08. The normalized spacial score (nSPS) is 13.0. The number of pyridine rings is 1. The molecule has 3 aromatic rings. The zero-order valence-corrected chi connectivity index (χ0v) is 18.5. The molecule has 1 aromatic carbocycles. The van der Waals surface area contributed by atoms with E-state index in [2.05, 4.69) is 4.98 Å². The lowest BCUT2D eigenvalue weighted by Crippen LogP contribution is -2.28. The second kappa shape index (κ2) is 8.40. The summed E-state index contributed by atoms with van der Waals surface area (Å²) in [5.74, 6) is -1.79. The zero-order chi connectivity index (χ0) is 22.2. The number of aliphatic carboxylic acids is 1. The maximum absolute atomic E-state index is 15.1. The third-order valence-electron chi connectivity index (χ3n) is 4.72. The van der Waals surface area contributed by atoms with Crippen molar-refractivity contribution in [3.63, 3.8) is 0 Å². The Balaban J connectivity index is 2.40. The molecule has 3 rings (SSSR count). The lowest BCUT2D eigenvalue weighted by atomic mass is 9.91. The van der Waals surface area contributed by atoms with Crippen LogP contribution in [0.25, 0.3) is 21.3 Å². The molecule has 0 aliphatic heterocycles. The van der Waals surface area contributed by atoms with Crippen LogP contribution in [0.4, 0.5) is 8.78 Å². The van der Waals surface area contributed by atoms with E-state index in [-0.39, 0.29) is 11.1 Å². The van der Waals surface area contributed by atoms with Crippen LogP contribution < -0.4 is 0 Å². The Labute approximate surface area is 178 Å². The maximum atomic E-state index is 15.1. The Kier molecular flexibility index (Phi) is 6.24. The highest BCUT2D eigenvalue weighted by atomic mass is 32.1. The van der Waals surface area contributed by atoms with Gasteiger partial charge >= 0.3 is 5.97 Å². The van der Waals surface area contributed by atoms with Crippen LogP contribution in [0.3, 0.4) is 0 Å². The predicted molar refractivity (Wildman–Crippen MR) is 115 cm³/mol. The van der Waals surface area contributed by atoms with Gasteiger partial charge in [-0.25, -0.2) is 18.6 Å². The van der Waals surface area contributed by atoms with Gasteiger partial charge in [0.1, 0.15) is 17.3 Å². The van der Waals surface area contributed by atoms with Crippen LogP contribution in [0.5, 0.6) is 0 Å². The number of nitrogens with zero attached hydrogens (tertiary/aromatic N) is 1. The van der Waals surface area contributed by atoms with E-state index in [9.17, 15) is 14.3 Å². The molecule has 4 nitrogen and oxygen atoms in total. The molecule has 0 spiro atoms. The van der Waals surface area contributed by atoms with Gasteiger partial charge in [0.05, 0.1) is 5.60 Å². The van der Waals surface area contributed by atoms with Crippen molar-refractivity contribution in [1.82, 2.24) is 4.98 Å². The van der Waals surface area contributed by atoms with Crippen LogP contribution in [0.2, 0.25) is 0 Å². The number of hydrogen-bond donors (Lipinski definition) is 1. The van der Waals surface area contributed by atoms with Crippen LogP contribution >= 0.6 is 11.3 Å². The largest absolute Gasteiger partial charge is 0.479 e. The van der Waals surface area contributed by atoms with Crippen molar-refractivity contribution >= 4 is 27.5 Å². The Morgan fingerprint density at radius 3 is 2.53 bits per heavy atom. The van der Waals surface area contributed by atoms with Crippen molar-refractivity contribution in [2.24, 2.45) is 0 Å². The number of aromatic nitrogens is 1. The molecule has 1 N–H and O–H groups in total. The highest BCUT2D eigenvalue weighted by Crippen LogP contribution is 2.42. The summed E-state index contributed by atoms with van der Waals surface area (Å²) < 4.78 is 34.0. The van der Waals surface area contributed by atoms with Crippen LogP contribution in [0.1, 0.15) is 55.5 Å². The van der Waals surface area contributed by atoms with E-state index in [1.807, 2.05) is 13.0 Å². The van der Waals surface area contributed by atoms with Gasteiger partial charge in [0.2, 0.25) is 0 Å². The highest BCUT2D eigenvalue weighted by molar-refractivity contribution is 7.18. The molecule has 0 saturated carbocycles. The Hall–Kier alpha value is -2.38. The van der Waals surface area contributed by atoms with Gasteiger partial charge in [-0.2, -0.15) is 0 Å². The first-order valence-electron chi connectivity index (χ1n) is 9.74. The smallest absolute Gasteiger partial charge is 0.337 e. The number of rotatable bonds is 6. The summed E-state index contributed by atoms with van der Waals surface area (Å²) in [4.78, 5) is 18.6. The third-order valence-corrected chi connectivity index (χ3v) is 5.90. The number of ether oxygens (including phenoxy) is 1. The molecule has 2 heterocycles. The summed E-state index contributed by atoms with van der Waals surface area (Å²) >= 11 is 1.49. The fraction of sp³-hybridized carbons (Fsp3) is 0.391. The van der Waals surface area contributed by atoms with E-state index in [1.165, 1.54) is 23.5 Å². The van der Waals surface area contributed by atoms with Gasteiger partial charge in [0.15, 0.2) is 6.10 Å². The average Bonchev–Trinajstić information content (AvgIpc) is 3.07. The lowest BCUT2D eigenvalue weighted by Gasteiger charge is -2.27. The minimum absolute atomic E-state index is 0.210. The van der Waals surface area contributed by atoms with Crippen LogP contribution in [-0.4, -0.2) is 21.7 Å². The van der Waals surface area contributed by atoms with E-state index < -0.39 is 30.2 Å². The molecule has 0 fully saturated rings. The van der Waals surface area contributed by atoms with Gasteiger partial charge in [-0.1, -0.05) is 19.1 Å². The molecule has 0 unspecified atom stereocenters. The molecule has 7 heteroatoms. The van der Waals surface area contributed by atoms with Crippen molar-refractivity contribution in [3.8, 4) is 11.1 Å². The van der Waals surface area contributed by atoms with Gasteiger partial charge in [-0.15, -0.1) is 11.3 Å². The molecule has 0 amide bonds. The zero-order valence-electron chi connectivity index (χ0n) is 17.7. The Morgan fingerprint density at radius 2 is 2.00 bits per heavy atom. The van der Waals surface area contributed by atoms with Gasteiger partial charge < -0.3 is 9.84 Å². The second-order valence-electron chi connectivity index (χ2n) is 8.17. The van der Waals surface area contributed by atoms with E-state index in [1.54, 1.807) is 27.7 Å². The standard InChI is InChI=1S/C23H25F2NO3S/c1-6-14-10-16-19(15-8-7-13(11-24)9-17(15)25)18(12(2)26-21(16)30-14)20(22(27)28)29-23(3,4)5/h7-10,20H,6,11H2,1-5H3,(H,27,28)/t20-/m0/s1. The number of alkyl halides is 1. The molecule has 0 aliphatic rings. The lowest BCUT2D eigenvalue weighted by molar-refractivity contribution is -0.160. The topological polar surface area (TPSA) is 59.4 Å². The molecule has 0 radical (unpaired) electrons. The van der Waals surface area contributed by atoms with Crippen LogP contribution in [0, 0.1) is 12.7 Å². The quantitative estimate of drug-likeness (QED) is 0.490. The fourth-order valence-corrected chi connectivity index (χ4v) is 4.47.